The summed E-state index contributed by atoms with van der Waals surface area (Å²) in [6, 6.07) is 2.25. The van der Waals surface area contributed by atoms with Crippen LogP contribution < -0.4 is 0 Å². The van der Waals surface area contributed by atoms with Gasteiger partial charge in [-0.05, 0) is 38.9 Å². The molecule has 6 heteroatoms. The first-order chi connectivity index (χ1) is 9.97. The number of nitrogens with zero attached hydrogens (tertiary/aromatic N) is 4. The van der Waals surface area contributed by atoms with E-state index in [0.717, 1.165) is 36.5 Å². The van der Waals surface area contributed by atoms with Crippen LogP contribution in [0.15, 0.2) is 12.3 Å². The predicted molar refractivity (Wildman–Crippen MR) is 87.1 cm³/mol. The zero-order valence-electron chi connectivity index (χ0n) is 12.6. The molecule has 0 aliphatic carbocycles. The van der Waals surface area contributed by atoms with E-state index < -0.39 is 0 Å². The lowest BCUT2D eigenvalue weighted by atomic mass is 9.93. The number of aromatic nitrogens is 3. The van der Waals surface area contributed by atoms with E-state index in [9.17, 15) is 0 Å². The van der Waals surface area contributed by atoms with Crippen LogP contribution in [0.1, 0.15) is 37.5 Å². The highest BCUT2D eigenvalue weighted by Gasteiger charge is 2.30. The van der Waals surface area contributed by atoms with Crippen LogP contribution >= 0.6 is 23.2 Å². The van der Waals surface area contributed by atoms with Crippen molar-refractivity contribution in [3.05, 3.63) is 23.1 Å². The van der Waals surface area contributed by atoms with Gasteiger partial charge in [0.15, 0.2) is 5.65 Å². The molecule has 1 saturated heterocycles. The quantitative estimate of drug-likeness (QED) is 0.785. The van der Waals surface area contributed by atoms with Crippen LogP contribution in [0, 0.1) is 5.92 Å². The minimum absolute atomic E-state index is 0.148. The van der Waals surface area contributed by atoms with Gasteiger partial charge in [-0.2, -0.15) is 0 Å². The first-order valence-corrected chi connectivity index (χ1v) is 8.14. The molecule has 2 aromatic heterocycles. The highest BCUT2D eigenvalue weighted by Crippen LogP contribution is 2.35. The van der Waals surface area contributed by atoms with Gasteiger partial charge in [0.25, 0.3) is 0 Å². The van der Waals surface area contributed by atoms with Gasteiger partial charge in [0.2, 0.25) is 0 Å². The van der Waals surface area contributed by atoms with Gasteiger partial charge in [-0.25, -0.2) is 9.97 Å². The van der Waals surface area contributed by atoms with Gasteiger partial charge in [-0.3, -0.25) is 0 Å². The average molecular weight is 327 g/mol. The Hall–Kier alpha value is -0.840. The number of imidazole rings is 1. The van der Waals surface area contributed by atoms with Crippen LogP contribution in [0.3, 0.4) is 0 Å². The van der Waals surface area contributed by atoms with E-state index in [-0.39, 0.29) is 5.38 Å². The smallest absolute Gasteiger partial charge is 0.160 e. The molecule has 3 rings (SSSR count). The minimum Gasteiger partial charge on any atom is -0.308 e. The second-order valence-electron chi connectivity index (χ2n) is 6.05. The molecule has 0 amide bonds. The van der Waals surface area contributed by atoms with Gasteiger partial charge in [-0.15, -0.1) is 11.6 Å². The molecule has 0 bridgehead atoms. The Bertz CT molecular complexity index is 652. The van der Waals surface area contributed by atoms with Gasteiger partial charge in [-0.1, -0.05) is 18.5 Å². The molecule has 0 radical (unpaired) electrons. The first kappa shape index (κ1) is 15.1. The van der Waals surface area contributed by atoms with Crippen LogP contribution in [-0.2, 0) is 0 Å². The largest absolute Gasteiger partial charge is 0.308 e. The van der Waals surface area contributed by atoms with Crippen molar-refractivity contribution < 1.29 is 0 Å². The van der Waals surface area contributed by atoms with E-state index in [4.69, 9.17) is 23.2 Å². The van der Waals surface area contributed by atoms with Crippen molar-refractivity contribution in [2.75, 3.05) is 20.1 Å². The van der Waals surface area contributed by atoms with Crippen LogP contribution in [0.4, 0.5) is 0 Å². The van der Waals surface area contributed by atoms with Crippen molar-refractivity contribution in [1.82, 2.24) is 19.4 Å². The maximum absolute atomic E-state index is 6.36. The molecule has 3 heterocycles. The SMILES string of the molecule is CC(Cl)c1nc2cc(Cl)cnc2n1C1CCN(C)CC1C. The van der Waals surface area contributed by atoms with Gasteiger partial charge in [0.05, 0.1) is 10.4 Å². The van der Waals surface area contributed by atoms with E-state index in [2.05, 4.69) is 33.4 Å². The fourth-order valence-electron chi connectivity index (χ4n) is 3.31. The van der Waals surface area contributed by atoms with Gasteiger partial charge in [0.1, 0.15) is 11.3 Å². The van der Waals surface area contributed by atoms with Crippen molar-refractivity contribution >= 4 is 34.4 Å². The summed E-state index contributed by atoms with van der Waals surface area (Å²) < 4.78 is 2.24. The van der Waals surface area contributed by atoms with Crippen LogP contribution in [-0.4, -0.2) is 39.6 Å². The fraction of sp³-hybridized carbons (Fsp3) is 0.600. The monoisotopic (exact) mass is 326 g/mol. The molecule has 114 valence electrons. The lowest BCUT2D eigenvalue weighted by molar-refractivity contribution is 0.159. The summed E-state index contributed by atoms with van der Waals surface area (Å²) in [4.78, 5) is 11.6. The summed E-state index contributed by atoms with van der Waals surface area (Å²) in [5, 5.41) is 0.460. The summed E-state index contributed by atoms with van der Waals surface area (Å²) in [6.07, 6.45) is 2.77. The van der Waals surface area contributed by atoms with E-state index in [1.54, 1.807) is 6.20 Å². The molecule has 2 aromatic rings. The van der Waals surface area contributed by atoms with E-state index in [0.29, 0.717) is 17.0 Å². The Kier molecular flexibility index (Phi) is 4.12. The maximum atomic E-state index is 6.36. The molecular formula is C15H20Cl2N4. The molecule has 3 atom stereocenters. The lowest BCUT2D eigenvalue weighted by Gasteiger charge is -2.36. The highest BCUT2D eigenvalue weighted by molar-refractivity contribution is 6.31. The maximum Gasteiger partial charge on any atom is 0.160 e. The van der Waals surface area contributed by atoms with Gasteiger partial charge in [0, 0.05) is 18.8 Å². The zero-order chi connectivity index (χ0) is 15.1. The number of likely N-dealkylation sites (tertiary alicyclic amines) is 1. The standard InChI is InChI=1S/C15H20Cl2N4/c1-9-8-20(3)5-4-13(9)21-14(10(2)16)19-12-6-11(17)7-18-15(12)21/h6-7,9-10,13H,4-5,8H2,1-3H3. The molecule has 0 spiro atoms. The Morgan fingerprint density at radius 3 is 2.86 bits per heavy atom. The first-order valence-electron chi connectivity index (χ1n) is 7.33. The third-order valence-corrected chi connectivity index (χ3v) is 4.68. The number of piperidine rings is 1. The number of fused-ring (bicyclic) bond motifs is 1. The lowest BCUT2D eigenvalue weighted by Crippen LogP contribution is -2.38. The van der Waals surface area contributed by atoms with Crippen molar-refractivity contribution in [2.45, 2.75) is 31.7 Å². The topological polar surface area (TPSA) is 34.0 Å². The summed E-state index contributed by atoms with van der Waals surface area (Å²) in [7, 11) is 2.17. The van der Waals surface area contributed by atoms with Crippen LogP contribution in [0.2, 0.25) is 5.02 Å². The van der Waals surface area contributed by atoms with Crippen molar-refractivity contribution in [3.8, 4) is 0 Å². The number of hydrogen-bond donors (Lipinski definition) is 0. The average Bonchev–Trinajstić information content (AvgIpc) is 2.77. The molecule has 1 aliphatic heterocycles. The Labute approximate surface area is 135 Å². The molecule has 0 saturated carbocycles. The summed E-state index contributed by atoms with van der Waals surface area (Å²) in [5.41, 5.74) is 1.72. The summed E-state index contributed by atoms with van der Waals surface area (Å²) >= 11 is 12.4. The van der Waals surface area contributed by atoms with E-state index >= 15 is 0 Å². The van der Waals surface area contributed by atoms with Crippen molar-refractivity contribution in [3.63, 3.8) is 0 Å². The number of halogens is 2. The van der Waals surface area contributed by atoms with Crippen molar-refractivity contribution in [2.24, 2.45) is 5.92 Å². The molecule has 0 N–H and O–H groups in total. The second-order valence-corrected chi connectivity index (χ2v) is 7.14. The van der Waals surface area contributed by atoms with E-state index in [1.165, 1.54) is 0 Å². The minimum atomic E-state index is -0.148. The molecule has 4 nitrogen and oxygen atoms in total. The van der Waals surface area contributed by atoms with Crippen LogP contribution in [0.25, 0.3) is 11.2 Å². The van der Waals surface area contributed by atoms with E-state index in [1.807, 2.05) is 13.0 Å². The molecular weight excluding hydrogens is 307 g/mol. The Morgan fingerprint density at radius 1 is 1.43 bits per heavy atom. The molecule has 21 heavy (non-hydrogen) atoms. The number of pyridine rings is 1. The second kappa shape index (κ2) is 5.75. The summed E-state index contributed by atoms with van der Waals surface area (Å²) in [6.45, 7) is 6.40. The highest BCUT2D eigenvalue weighted by atomic mass is 35.5. The fourth-order valence-corrected chi connectivity index (χ4v) is 3.61. The Balaban J connectivity index is 2.13. The zero-order valence-corrected chi connectivity index (χ0v) is 14.1. The molecule has 3 unspecified atom stereocenters. The summed E-state index contributed by atoms with van der Waals surface area (Å²) in [5.74, 6) is 1.43. The third kappa shape index (κ3) is 2.77. The van der Waals surface area contributed by atoms with Gasteiger partial charge < -0.3 is 9.47 Å². The molecule has 1 aliphatic rings. The number of rotatable bonds is 2. The number of alkyl halides is 1. The van der Waals surface area contributed by atoms with Gasteiger partial charge >= 0.3 is 0 Å². The van der Waals surface area contributed by atoms with Crippen molar-refractivity contribution in [1.29, 1.82) is 0 Å². The van der Waals surface area contributed by atoms with Crippen LogP contribution in [0.5, 0.6) is 0 Å². The third-order valence-electron chi connectivity index (χ3n) is 4.27. The number of hydrogen-bond acceptors (Lipinski definition) is 3. The normalized spacial score (nSPS) is 25.4. The molecule has 1 fully saturated rings. The predicted octanol–water partition coefficient (Wildman–Crippen LogP) is 3.90. The molecule has 0 aromatic carbocycles. The Morgan fingerprint density at radius 2 is 2.19 bits per heavy atom.